The van der Waals surface area contributed by atoms with Gasteiger partial charge in [0.05, 0.1) is 0 Å². The van der Waals surface area contributed by atoms with Crippen LogP contribution in [0.25, 0.3) is 22.3 Å². The summed E-state index contributed by atoms with van der Waals surface area (Å²) < 4.78 is 0. The Morgan fingerprint density at radius 1 is 0.556 bits per heavy atom. The van der Waals surface area contributed by atoms with Crippen LogP contribution in [0.3, 0.4) is 0 Å². The molecule has 0 saturated heterocycles. The lowest BCUT2D eigenvalue weighted by Gasteiger charge is -2.03. The zero-order valence-electron chi connectivity index (χ0n) is 9.93. The smallest absolute Gasteiger partial charge is 0.0321 e. The van der Waals surface area contributed by atoms with Crippen molar-refractivity contribution in [2.24, 2.45) is 0 Å². The summed E-state index contributed by atoms with van der Waals surface area (Å²) in [5.74, 6) is 0. The fourth-order valence-corrected chi connectivity index (χ4v) is 1.99. The van der Waals surface area contributed by atoms with Crippen molar-refractivity contribution in [3.63, 3.8) is 0 Å². The molecule has 0 atom stereocenters. The molecular weight excluding hydrogens is 216 g/mol. The molecule has 0 heteroatoms. The van der Waals surface area contributed by atoms with Crippen LogP contribution in [-0.2, 0) is 0 Å². The van der Waals surface area contributed by atoms with Gasteiger partial charge in [-0.2, -0.15) is 0 Å². The number of hydrogen-bond acceptors (Lipinski definition) is 0. The van der Waals surface area contributed by atoms with Gasteiger partial charge in [-0.15, -0.1) is 0 Å². The van der Waals surface area contributed by atoms with Crippen LogP contribution in [0.1, 0.15) is 0 Å². The summed E-state index contributed by atoms with van der Waals surface area (Å²) in [5.41, 5.74) is 4.73. The van der Waals surface area contributed by atoms with Gasteiger partial charge in [-0.1, -0.05) is 72.8 Å². The quantitative estimate of drug-likeness (QED) is 0.600. The van der Waals surface area contributed by atoms with E-state index in [4.69, 9.17) is 0 Å². The van der Waals surface area contributed by atoms with E-state index in [2.05, 4.69) is 60.7 Å². The van der Waals surface area contributed by atoms with Gasteiger partial charge in [-0.05, 0) is 28.8 Å². The lowest BCUT2D eigenvalue weighted by atomic mass is 10.0. The van der Waals surface area contributed by atoms with E-state index in [0.717, 1.165) is 5.56 Å². The summed E-state index contributed by atoms with van der Waals surface area (Å²) in [7, 11) is 0. The van der Waals surface area contributed by atoms with Crippen LogP contribution in [0, 0.1) is 12.1 Å². The molecular formula is C18H12. The van der Waals surface area contributed by atoms with Crippen LogP contribution in [0.2, 0.25) is 0 Å². The summed E-state index contributed by atoms with van der Waals surface area (Å²) in [4.78, 5) is 0. The van der Waals surface area contributed by atoms with E-state index in [0.29, 0.717) is 0 Å². The van der Waals surface area contributed by atoms with Gasteiger partial charge < -0.3 is 0 Å². The molecule has 0 aromatic heterocycles. The molecule has 0 radical (unpaired) electrons. The molecule has 0 aliphatic heterocycles. The van der Waals surface area contributed by atoms with Gasteiger partial charge in [0, 0.05) is 5.56 Å². The number of rotatable bonds is 2. The first-order chi connectivity index (χ1) is 8.93. The van der Waals surface area contributed by atoms with Crippen LogP contribution in [0.5, 0.6) is 0 Å². The Bertz CT molecular complexity index is 549. The molecule has 0 fully saturated rings. The summed E-state index contributed by atoms with van der Waals surface area (Å²) in [6.07, 6.45) is 0. The highest BCUT2D eigenvalue weighted by molar-refractivity contribution is 5.69. The Labute approximate surface area is 108 Å². The third-order valence-corrected chi connectivity index (χ3v) is 2.95. The lowest BCUT2D eigenvalue weighted by molar-refractivity contribution is 1.60. The number of hydrogen-bond donors (Lipinski definition) is 0. The van der Waals surface area contributed by atoms with E-state index in [1.807, 2.05) is 24.3 Å². The zero-order chi connectivity index (χ0) is 12.2. The van der Waals surface area contributed by atoms with Crippen molar-refractivity contribution in [1.82, 2.24) is 0 Å². The minimum Gasteiger partial charge on any atom is -0.0696 e. The Balaban J connectivity index is 1.95. The van der Waals surface area contributed by atoms with Crippen LogP contribution >= 0.6 is 0 Å². The second-order valence-electron chi connectivity index (χ2n) is 4.15. The maximum Gasteiger partial charge on any atom is 0.0321 e. The molecule has 3 aromatic carbocycles. The van der Waals surface area contributed by atoms with Crippen LogP contribution in [-0.4, -0.2) is 0 Å². The summed E-state index contributed by atoms with van der Waals surface area (Å²) >= 11 is 0. The highest BCUT2D eigenvalue weighted by Crippen LogP contribution is 2.23. The van der Waals surface area contributed by atoms with Crippen molar-refractivity contribution in [2.75, 3.05) is 0 Å². The molecule has 0 unspecified atom stereocenters. The van der Waals surface area contributed by atoms with Crippen LogP contribution in [0.15, 0.2) is 72.8 Å². The standard InChI is InChI=1S/C18H12/c1-3-7-15(8-4-1)17-11-13-18(14-12-17)16-9-5-2-6-10-16/h1-5,7-9,11-14H. The molecule has 3 rings (SSSR count). The maximum absolute atomic E-state index is 3.12. The molecule has 0 heterocycles. The zero-order valence-corrected chi connectivity index (χ0v) is 9.93. The van der Waals surface area contributed by atoms with Gasteiger partial charge in [0.15, 0.2) is 0 Å². The van der Waals surface area contributed by atoms with Crippen molar-refractivity contribution in [1.29, 1.82) is 0 Å². The monoisotopic (exact) mass is 228 g/mol. The average Bonchev–Trinajstić information content (AvgIpc) is 2.49. The minimum absolute atomic E-state index is 1.08. The van der Waals surface area contributed by atoms with Gasteiger partial charge in [0.2, 0.25) is 0 Å². The minimum atomic E-state index is 1.08. The van der Waals surface area contributed by atoms with Crippen molar-refractivity contribution in [2.45, 2.75) is 0 Å². The second-order valence-corrected chi connectivity index (χ2v) is 4.15. The summed E-state index contributed by atoms with van der Waals surface area (Å²) in [6, 6.07) is 30.9. The van der Waals surface area contributed by atoms with Crippen molar-refractivity contribution < 1.29 is 0 Å². The van der Waals surface area contributed by atoms with E-state index in [1.54, 1.807) is 0 Å². The third-order valence-electron chi connectivity index (χ3n) is 2.95. The first-order valence-electron chi connectivity index (χ1n) is 5.98. The van der Waals surface area contributed by atoms with E-state index < -0.39 is 0 Å². The van der Waals surface area contributed by atoms with Crippen molar-refractivity contribution in [3.8, 4) is 22.3 Å². The maximum atomic E-state index is 3.12. The third kappa shape index (κ3) is 2.12. The predicted molar refractivity (Wildman–Crippen MR) is 75.0 cm³/mol. The molecule has 84 valence electrons. The molecule has 0 N–H and O–H groups in total. The molecule has 0 bridgehead atoms. The van der Waals surface area contributed by atoms with E-state index >= 15 is 0 Å². The molecule has 18 heavy (non-hydrogen) atoms. The van der Waals surface area contributed by atoms with E-state index in [9.17, 15) is 0 Å². The SMILES string of the molecule is c1cccc(-c2ccc(-c3ccccc3)cc2)c#1. The van der Waals surface area contributed by atoms with Crippen molar-refractivity contribution in [3.05, 3.63) is 84.9 Å². The van der Waals surface area contributed by atoms with Crippen molar-refractivity contribution >= 4 is 0 Å². The van der Waals surface area contributed by atoms with Gasteiger partial charge in [0.1, 0.15) is 0 Å². The summed E-state index contributed by atoms with van der Waals surface area (Å²) in [6.45, 7) is 0. The first kappa shape index (κ1) is 10.6. The van der Waals surface area contributed by atoms with Gasteiger partial charge in [0.25, 0.3) is 0 Å². The van der Waals surface area contributed by atoms with Crippen LogP contribution in [0.4, 0.5) is 0 Å². The highest BCUT2D eigenvalue weighted by Gasteiger charge is 1.98. The summed E-state index contributed by atoms with van der Waals surface area (Å²) in [5, 5.41) is 0. The average molecular weight is 228 g/mol. The second kappa shape index (κ2) is 4.77. The van der Waals surface area contributed by atoms with Crippen LogP contribution < -0.4 is 0 Å². The predicted octanol–water partition coefficient (Wildman–Crippen LogP) is 4.62. The Hall–Kier alpha value is -2.52. The topological polar surface area (TPSA) is 0 Å². The Morgan fingerprint density at radius 3 is 1.89 bits per heavy atom. The fraction of sp³-hybridized carbons (Fsp3) is 0. The van der Waals surface area contributed by atoms with Gasteiger partial charge >= 0.3 is 0 Å². The molecule has 0 aliphatic rings. The van der Waals surface area contributed by atoms with Gasteiger partial charge in [-0.3, -0.25) is 0 Å². The van der Waals surface area contributed by atoms with Gasteiger partial charge in [-0.25, -0.2) is 0 Å². The number of benzene rings is 2. The van der Waals surface area contributed by atoms with E-state index in [1.165, 1.54) is 16.7 Å². The molecule has 0 nitrogen and oxygen atoms in total. The molecule has 0 spiro atoms. The normalized spacial score (nSPS) is 9.78. The fourth-order valence-electron chi connectivity index (χ4n) is 1.99. The molecule has 0 aliphatic carbocycles. The molecule has 0 amide bonds. The van der Waals surface area contributed by atoms with E-state index in [-0.39, 0.29) is 0 Å². The molecule has 3 aromatic rings. The molecule has 0 saturated carbocycles. The Kier molecular flexibility index (Phi) is 2.82. The lowest BCUT2D eigenvalue weighted by Crippen LogP contribution is -1.79. The first-order valence-corrected chi connectivity index (χ1v) is 5.98. The largest absolute Gasteiger partial charge is 0.0696 e. The Morgan fingerprint density at radius 2 is 1.22 bits per heavy atom. The highest BCUT2D eigenvalue weighted by atomic mass is 14.0.